The number of rotatable bonds is 2. The minimum atomic E-state index is -0.507. The summed E-state index contributed by atoms with van der Waals surface area (Å²) in [7, 11) is 0. The molecule has 2 amide bonds. The van der Waals surface area contributed by atoms with E-state index in [0.29, 0.717) is 19.5 Å². The summed E-state index contributed by atoms with van der Waals surface area (Å²) in [4.78, 5) is 26.3. The Labute approximate surface area is 124 Å². The summed E-state index contributed by atoms with van der Waals surface area (Å²) in [6.07, 6.45) is 0.321. The van der Waals surface area contributed by atoms with Gasteiger partial charge in [0.05, 0.1) is 12.2 Å². The minimum Gasteiger partial charge on any atom is -0.361 e. The first kappa shape index (κ1) is 15.5. The predicted molar refractivity (Wildman–Crippen MR) is 77.4 cm³/mol. The molecule has 1 N–H and O–H groups in total. The minimum absolute atomic E-state index is 0.0478. The largest absolute Gasteiger partial charge is 0.361 e. The molecule has 1 aromatic rings. The van der Waals surface area contributed by atoms with Crippen LogP contribution in [0.15, 0.2) is 4.52 Å². The first-order valence-corrected chi connectivity index (χ1v) is 7.20. The highest BCUT2D eigenvalue weighted by Gasteiger charge is 2.38. The second-order valence-corrected chi connectivity index (χ2v) is 6.68. The first-order chi connectivity index (χ1) is 9.70. The quantitative estimate of drug-likeness (QED) is 0.897. The van der Waals surface area contributed by atoms with Crippen molar-refractivity contribution in [1.29, 1.82) is 0 Å². The number of amides is 2. The maximum atomic E-state index is 12.7. The van der Waals surface area contributed by atoms with Crippen LogP contribution in [0.1, 0.15) is 44.2 Å². The molecule has 1 unspecified atom stereocenters. The molecule has 2 heterocycles. The van der Waals surface area contributed by atoms with E-state index in [1.54, 1.807) is 4.90 Å². The van der Waals surface area contributed by atoms with E-state index in [-0.39, 0.29) is 17.2 Å². The zero-order valence-corrected chi connectivity index (χ0v) is 13.3. The average Bonchev–Trinajstić information content (AvgIpc) is 2.60. The smallest absolute Gasteiger partial charge is 0.246 e. The Hall–Kier alpha value is -1.85. The lowest BCUT2D eigenvalue weighted by atomic mass is 9.86. The van der Waals surface area contributed by atoms with Gasteiger partial charge in [-0.15, -0.1) is 0 Å². The Morgan fingerprint density at radius 1 is 1.33 bits per heavy atom. The van der Waals surface area contributed by atoms with E-state index in [1.807, 2.05) is 34.6 Å². The zero-order valence-electron chi connectivity index (χ0n) is 13.3. The van der Waals surface area contributed by atoms with E-state index in [0.717, 1.165) is 17.0 Å². The van der Waals surface area contributed by atoms with E-state index in [1.165, 1.54) is 0 Å². The molecule has 1 aliphatic heterocycles. The monoisotopic (exact) mass is 293 g/mol. The molecule has 6 nitrogen and oxygen atoms in total. The third-order valence-corrected chi connectivity index (χ3v) is 3.87. The van der Waals surface area contributed by atoms with Crippen molar-refractivity contribution in [3.8, 4) is 0 Å². The van der Waals surface area contributed by atoms with Crippen LogP contribution in [-0.2, 0) is 16.1 Å². The molecule has 0 radical (unpaired) electrons. The van der Waals surface area contributed by atoms with Gasteiger partial charge in [-0.2, -0.15) is 0 Å². The SMILES string of the molecule is Cc1noc(C)c1CN1CCC(=O)NC(C(C)(C)C)C1=O. The van der Waals surface area contributed by atoms with Crippen LogP contribution in [0.25, 0.3) is 0 Å². The Balaban J connectivity index is 2.26. The number of aryl methyl sites for hydroxylation is 2. The molecule has 1 saturated heterocycles. The van der Waals surface area contributed by atoms with Gasteiger partial charge in [0, 0.05) is 18.5 Å². The summed E-state index contributed by atoms with van der Waals surface area (Å²) in [6, 6.07) is -0.507. The van der Waals surface area contributed by atoms with Gasteiger partial charge in [0.15, 0.2) is 0 Å². The lowest BCUT2D eigenvalue weighted by Gasteiger charge is -2.32. The molecule has 1 aliphatic rings. The molecule has 0 aliphatic carbocycles. The molecule has 0 bridgehead atoms. The Kier molecular flexibility index (Phi) is 4.07. The highest BCUT2D eigenvalue weighted by atomic mass is 16.5. The highest BCUT2D eigenvalue weighted by Crippen LogP contribution is 2.25. The van der Waals surface area contributed by atoms with Crippen LogP contribution in [0, 0.1) is 19.3 Å². The fourth-order valence-corrected chi connectivity index (χ4v) is 2.49. The van der Waals surface area contributed by atoms with Gasteiger partial charge in [0.25, 0.3) is 0 Å². The van der Waals surface area contributed by atoms with Crippen molar-refractivity contribution in [2.75, 3.05) is 6.54 Å². The molecule has 0 aromatic carbocycles. The number of hydrogen-bond donors (Lipinski definition) is 1. The zero-order chi connectivity index (χ0) is 15.8. The maximum absolute atomic E-state index is 12.7. The van der Waals surface area contributed by atoms with Crippen LogP contribution in [0.3, 0.4) is 0 Å². The molecule has 1 fully saturated rings. The number of nitrogens with one attached hydrogen (secondary N) is 1. The standard InChI is InChI=1S/C15H23N3O3/c1-9-11(10(2)21-17-9)8-18-7-6-12(19)16-13(14(18)20)15(3,4)5/h13H,6-8H2,1-5H3,(H,16,19). The fraction of sp³-hybridized carbons (Fsp3) is 0.667. The summed E-state index contributed by atoms with van der Waals surface area (Å²) < 4.78 is 5.15. The average molecular weight is 293 g/mol. The van der Waals surface area contributed by atoms with Gasteiger partial charge in [-0.05, 0) is 19.3 Å². The van der Waals surface area contributed by atoms with Crippen molar-refractivity contribution in [2.24, 2.45) is 5.41 Å². The lowest BCUT2D eigenvalue weighted by molar-refractivity contribution is -0.136. The molecule has 0 saturated carbocycles. The molecule has 21 heavy (non-hydrogen) atoms. The summed E-state index contributed by atoms with van der Waals surface area (Å²) in [5.41, 5.74) is 1.38. The van der Waals surface area contributed by atoms with Gasteiger partial charge in [-0.25, -0.2) is 0 Å². The van der Waals surface area contributed by atoms with Crippen molar-refractivity contribution in [3.05, 3.63) is 17.0 Å². The number of carbonyl (C=O) groups excluding carboxylic acids is 2. The lowest BCUT2D eigenvalue weighted by Crippen LogP contribution is -2.51. The normalized spacial score (nSPS) is 20.4. The van der Waals surface area contributed by atoms with Crippen molar-refractivity contribution in [3.63, 3.8) is 0 Å². The first-order valence-electron chi connectivity index (χ1n) is 7.20. The van der Waals surface area contributed by atoms with E-state index in [4.69, 9.17) is 4.52 Å². The van der Waals surface area contributed by atoms with E-state index in [2.05, 4.69) is 10.5 Å². The van der Waals surface area contributed by atoms with Crippen molar-refractivity contribution in [1.82, 2.24) is 15.4 Å². The maximum Gasteiger partial charge on any atom is 0.246 e. The second-order valence-electron chi connectivity index (χ2n) is 6.68. The summed E-state index contributed by atoms with van der Waals surface area (Å²) in [5, 5.41) is 6.76. The Morgan fingerprint density at radius 2 is 2.00 bits per heavy atom. The molecular weight excluding hydrogens is 270 g/mol. The summed E-state index contributed by atoms with van der Waals surface area (Å²) in [6.45, 7) is 10.4. The van der Waals surface area contributed by atoms with Crippen LogP contribution in [0.5, 0.6) is 0 Å². The van der Waals surface area contributed by atoms with Crippen LogP contribution >= 0.6 is 0 Å². The van der Waals surface area contributed by atoms with Gasteiger partial charge in [-0.3, -0.25) is 9.59 Å². The molecule has 6 heteroatoms. The summed E-state index contributed by atoms with van der Waals surface area (Å²) >= 11 is 0. The van der Waals surface area contributed by atoms with Crippen LogP contribution in [0.2, 0.25) is 0 Å². The van der Waals surface area contributed by atoms with Gasteiger partial charge >= 0.3 is 0 Å². The number of hydrogen-bond acceptors (Lipinski definition) is 4. The van der Waals surface area contributed by atoms with E-state index >= 15 is 0 Å². The van der Waals surface area contributed by atoms with Crippen LogP contribution in [-0.4, -0.2) is 34.5 Å². The van der Waals surface area contributed by atoms with Crippen molar-refractivity contribution in [2.45, 2.75) is 53.6 Å². The van der Waals surface area contributed by atoms with Gasteiger partial charge in [-0.1, -0.05) is 25.9 Å². The molecule has 1 atom stereocenters. The highest BCUT2D eigenvalue weighted by molar-refractivity contribution is 5.90. The number of aromatic nitrogens is 1. The molecule has 116 valence electrons. The third kappa shape index (κ3) is 3.25. The third-order valence-electron chi connectivity index (χ3n) is 3.87. The molecule has 1 aromatic heterocycles. The molecule has 0 spiro atoms. The topological polar surface area (TPSA) is 75.4 Å². The van der Waals surface area contributed by atoms with E-state index in [9.17, 15) is 9.59 Å². The van der Waals surface area contributed by atoms with Gasteiger partial charge in [0.1, 0.15) is 11.8 Å². The second kappa shape index (κ2) is 5.50. The van der Waals surface area contributed by atoms with E-state index < -0.39 is 6.04 Å². The van der Waals surface area contributed by atoms with Crippen LogP contribution < -0.4 is 5.32 Å². The predicted octanol–water partition coefficient (Wildman–Crippen LogP) is 1.55. The number of nitrogens with zero attached hydrogens (tertiary/aromatic N) is 2. The van der Waals surface area contributed by atoms with Gasteiger partial charge in [0.2, 0.25) is 11.8 Å². The van der Waals surface area contributed by atoms with Gasteiger partial charge < -0.3 is 14.7 Å². The Morgan fingerprint density at radius 3 is 2.52 bits per heavy atom. The summed E-state index contributed by atoms with van der Waals surface area (Å²) in [5.74, 6) is 0.592. The van der Waals surface area contributed by atoms with Crippen molar-refractivity contribution < 1.29 is 14.1 Å². The Bertz CT molecular complexity index is 538. The number of carbonyl (C=O) groups is 2. The molecular formula is C15H23N3O3. The van der Waals surface area contributed by atoms with Crippen molar-refractivity contribution >= 4 is 11.8 Å². The fourth-order valence-electron chi connectivity index (χ4n) is 2.49. The molecule has 2 rings (SSSR count). The van der Waals surface area contributed by atoms with Crippen LogP contribution in [0.4, 0.5) is 0 Å².